The lowest BCUT2D eigenvalue weighted by Gasteiger charge is -2.21. The maximum Gasteiger partial charge on any atom is 0.339 e. The van der Waals surface area contributed by atoms with E-state index in [4.69, 9.17) is 13.9 Å². The van der Waals surface area contributed by atoms with Gasteiger partial charge < -0.3 is 19.0 Å². The summed E-state index contributed by atoms with van der Waals surface area (Å²) in [5.41, 5.74) is 3.16. The molecule has 1 heterocycles. The Hall–Kier alpha value is -2.54. The zero-order valence-electron chi connectivity index (χ0n) is 19.1. The maximum atomic E-state index is 12.4. The Morgan fingerprint density at radius 1 is 1.09 bits per heavy atom. The number of nitrogens with one attached hydrogen (secondary N) is 1. The molecule has 0 saturated heterocycles. The van der Waals surface area contributed by atoms with Gasteiger partial charge in [0, 0.05) is 18.0 Å². The molecule has 2 N–H and O–H groups in total. The first-order valence-corrected chi connectivity index (χ1v) is 11.3. The number of ether oxygens (including phenoxy) is 2. The molecular formula is C26H32ClNO5. The lowest BCUT2D eigenvalue weighted by molar-refractivity contribution is 0.0883. The monoisotopic (exact) mass is 473 g/mol. The van der Waals surface area contributed by atoms with Crippen molar-refractivity contribution < 1.29 is 19.0 Å². The van der Waals surface area contributed by atoms with Crippen molar-refractivity contribution in [2.75, 3.05) is 13.2 Å². The first-order valence-electron chi connectivity index (χ1n) is 11.3. The molecule has 0 radical (unpaired) electrons. The quantitative estimate of drug-likeness (QED) is 0.350. The molecule has 7 heteroatoms. The summed E-state index contributed by atoms with van der Waals surface area (Å²) in [5.74, 6) is 1.52. The molecule has 178 valence electrons. The molecule has 2 aromatic carbocycles. The Morgan fingerprint density at radius 2 is 1.82 bits per heavy atom. The number of aliphatic hydroxyl groups excluding tert-OH is 1. The third-order valence-corrected chi connectivity index (χ3v) is 5.80. The number of hydrogen-bond acceptors (Lipinski definition) is 6. The molecular weight excluding hydrogens is 442 g/mol. The van der Waals surface area contributed by atoms with Crippen LogP contribution < -0.4 is 20.4 Å². The van der Waals surface area contributed by atoms with Crippen molar-refractivity contribution in [1.29, 1.82) is 0 Å². The zero-order chi connectivity index (χ0) is 22.5. The van der Waals surface area contributed by atoms with E-state index in [0.29, 0.717) is 25.2 Å². The van der Waals surface area contributed by atoms with E-state index in [2.05, 4.69) is 5.32 Å². The van der Waals surface area contributed by atoms with Gasteiger partial charge in [-0.2, -0.15) is 0 Å². The fraction of sp³-hybridized carbons (Fsp3) is 0.423. The summed E-state index contributed by atoms with van der Waals surface area (Å²) in [6, 6.07) is 13.5. The van der Waals surface area contributed by atoms with Gasteiger partial charge in [0.05, 0.1) is 12.0 Å². The highest BCUT2D eigenvalue weighted by atomic mass is 35.5. The smallest absolute Gasteiger partial charge is 0.339 e. The minimum Gasteiger partial charge on any atom is -0.493 e. The van der Waals surface area contributed by atoms with Gasteiger partial charge in [0.25, 0.3) is 0 Å². The molecule has 1 aliphatic rings. The zero-order valence-corrected chi connectivity index (χ0v) is 20.0. The van der Waals surface area contributed by atoms with E-state index < -0.39 is 6.23 Å². The van der Waals surface area contributed by atoms with Crippen LogP contribution in [0.2, 0.25) is 0 Å². The standard InChI is InChI=1S/C26H31NO5.ClH/c1-17-14-22(25-20-10-6-7-11-21(20)26(29)32-23(25)15-17)30-13-12-24(28)27-18(2)16-31-19-8-4-3-5-9-19;/h3-5,8-9,14-15,18,24,27-28H,6-7,10-13,16H2,1-2H3;1H. The molecule has 6 nitrogen and oxygen atoms in total. The first kappa shape index (κ1) is 25.1. The fourth-order valence-corrected chi connectivity index (χ4v) is 4.26. The number of aryl methyl sites for hydroxylation is 2. The molecule has 1 aromatic heterocycles. The molecule has 4 rings (SSSR count). The number of benzene rings is 2. The Balaban J connectivity index is 0.00000306. The van der Waals surface area contributed by atoms with Gasteiger partial charge in [-0.15, -0.1) is 12.4 Å². The summed E-state index contributed by atoms with van der Waals surface area (Å²) >= 11 is 0. The number of para-hydroxylation sites is 1. The van der Waals surface area contributed by atoms with Gasteiger partial charge >= 0.3 is 5.63 Å². The van der Waals surface area contributed by atoms with Crippen molar-refractivity contribution in [2.45, 2.75) is 58.2 Å². The van der Waals surface area contributed by atoms with E-state index in [9.17, 15) is 9.90 Å². The summed E-state index contributed by atoms with van der Waals surface area (Å²) in [7, 11) is 0. The molecule has 1 aliphatic carbocycles. The molecule has 2 unspecified atom stereocenters. The van der Waals surface area contributed by atoms with E-state index in [1.54, 1.807) is 0 Å². The number of hydrogen-bond donors (Lipinski definition) is 2. The summed E-state index contributed by atoms with van der Waals surface area (Å²) in [6.45, 7) is 4.72. The Kier molecular flexibility index (Phi) is 8.78. The van der Waals surface area contributed by atoms with Crippen LogP contribution in [-0.2, 0) is 12.8 Å². The SMILES string of the molecule is Cc1cc(OCCC(O)NC(C)COc2ccccc2)c2c3c(c(=O)oc2c1)CCCC3.Cl. The molecule has 33 heavy (non-hydrogen) atoms. The number of aliphatic hydroxyl groups is 1. The predicted molar refractivity (Wildman–Crippen MR) is 132 cm³/mol. The minimum atomic E-state index is -0.715. The minimum absolute atomic E-state index is 0. The Labute approximate surface area is 200 Å². The summed E-state index contributed by atoms with van der Waals surface area (Å²) in [5, 5.41) is 14.4. The average Bonchev–Trinajstić information content (AvgIpc) is 2.78. The molecule has 3 aromatic rings. The number of fused-ring (bicyclic) bond motifs is 3. The van der Waals surface area contributed by atoms with Gasteiger partial charge in [0.1, 0.15) is 29.9 Å². The molecule has 0 fully saturated rings. The first-order chi connectivity index (χ1) is 15.5. The van der Waals surface area contributed by atoms with Crippen LogP contribution in [0.25, 0.3) is 11.0 Å². The molecule has 0 spiro atoms. The summed E-state index contributed by atoms with van der Waals surface area (Å²) in [6.07, 6.45) is 3.39. The second kappa shape index (κ2) is 11.5. The second-order valence-electron chi connectivity index (χ2n) is 8.53. The van der Waals surface area contributed by atoms with E-state index >= 15 is 0 Å². The number of halogens is 1. The molecule has 0 aliphatic heterocycles. The summed E-state index contributed by atoms with van der Waals surface area (Å²) in [4.78, 5) is 12.4. The normalized spacial score (nSPS) is 14.8. The second-order valence-corrected chi connectivity index (χ2v) is 8.53. The maximum absolute atomic E-state index is 12.4. The van der Waals surface area contributed by atoms with E-state index in [0.717, 1.165) is 59.3 Å². The van der Waals surface area contributed by atoms with E-state index in [1.807, 2.05) is 56.3 Å². The van der Waals surface area contributed by atoms with Crippen LogP contribution in [0, 0.1) is 6.92 Å². The van der Waals surface area contributed by atoms with Crippen LogP contribution >= 0.6 is 12.4 Å². The van der Waals surface area contributed by atoms with Crippen molar-refractivity contribution in [3.8, 4) is 11.5 Å². The van der Waals surface area contributed by atoms with Crippen LogP contribution in [0.1, 0.15) is 42.9 Å². The molecule has 0 bridgehead atoms. The predicted octanol–water partition coefficient (Wildman–Crippen LogP) is 4.55. The van der Waals surface area contributed by atoms with Crippen LogP contribution in [-0.4, -0.2) is 30.6 Å². The van der Waals surface area contributed by atoms with Crippen molar-refractivity contribution in [2.24, 2.45) is 0 Å². The molecule has 0 saturated carbocycles. The largest absolute Gasteiger partial charge is 0.493 e. The summed E-state index contributed by atoms with van der Waals surface area (Å²) < 4.78 is 17.4. The van der Waals surface area contributed by atoms with Crippen LogP contribution in [0.4, 0.5) is 0 Å². The van der Waals surface area contributed by atoms with E-state index in [1.165, 1.54) is 0 Å². The third-order valence-electron chi connectivity index (χ3n) is 5.80. The fourth-order valence-electron chi connectivity index (χ4n) is 4.26. The average molecular weight is 474 g/mol. The van der Waals surface area contributed by atoms with Gasteiger partial charge in [-0.1, -0.05) is 18.2 Å². The third kappa shape index (κ3) is 6.28. The van der Waals surface area contributed by atoms with Crippen molar-refractivity contribution in [3.63, 3.8) is 0 Å². The van der Waals surface area contributed by atoms with Gasteiger partial charge in [-0.25, -0.2) is 4.79 Å². The Morgan fingerprint density at radius 3 is 2.58 bits per heavy atom. The lowest BCUT2D eigenvalue weighted by atomic mass is 9.90. The molecule has 0 amide bonds. The van der Waals surface area contributed by atoms with E-state index in [-0.39, 0.29) is 24.1 Å². The van der Waals surface area contributed by atoms with Crippen molar-refractivity contribution >= 4 is 23.4 Å². The van der Waals surface area contributed by atoms with Gasteiger partial charge in [-0.3, -0.25) is 5.32 Å². The Bertz CT molecular complexity index is 1120. The number of rotatable bonds is 9. The highest BCUT2D eigenvalue weighted by molar-refractivity contribution is 5.88. The molecule has 2 atom stereocenters. The lowest BCUT2D eigenvalue weighted by Crippen LogP contribution is -2.40. The van der Waals surface area contributed by atoms with Gasteiger partial charge in [0.2, 0.25) is 0 Å². The van der Waals surface area contributed by atoms with Gasteiger partial charge in [0.15, 0.2) is 0 Å². The van der Waals surface area contributed by atoms with Crippen LogP contribution in [0.15, 0.2) is 51.7 Å². The van der Waals surface area contributed by atoms with Crippen LogP contribution in [0.3, 0.4) is 0 Å². The highest BCUT2D eigenvalue weighted by Crippen LogP contribution is 2.34. The highest BCUT2D eigenvalue weighted by Gasteiger charge is 2.21. The van der Waals surface area contributed by atoms with Crippen molar-refractivity contribution in [3.05, 3.63) is 69.6 Å². The van der Waals surface area contributed by atoms with Gasteiger partial charge in [-0.05, 0) is 74.9 Å². The van der Waals surface area contributed by atoms with Crippen molar-refractivity contribution in [1.82, 2.24) is 5.32 Å². The van der Waals surface area contributed by atoms with Crippen LogP contribution in [0.5, 0.6) is 11.5 Å². The topological polar surface area (TPSA) is 80.9 Å².